The van der Waals surface area contributed by atoms with Gasteiger partial charge in [0.25, 0.3) is 0 Å². The molecule has 3 aromatic rings. The fourth-order valence-electron chi connectivity index (χ4n) is 2.12. The highest BCUT2D eigenvalue weighted by Crippen LogP contribution is 2.26. The van der Waals surface area contributed by atoms with E-state index in [1.165, 1.54) is 0 Å². The quantitative estimate of drug-likeness (QED) is 0.675. The van der Waals surface area contributed by atoms with Crippen LogP contribution in [-0.2, 0) is 6.54 Å². The van der Waals surface area contributed by atoms with Gasteiger partial charge in [0.15, 0.2) is 5.13 Å². The third-order valence-corrected chi connectivity index (χ3v) is 4.22. The normalized spacial score (nSPS) is 9.52. The third-order valence-electron chi connectivity index (χ3n) is 3.42. The zero-order chi connectivity index (χ0) is 18.1. The maximum absolute atomic E-state index is 8.80. The molecule has 2 aromatic carbocycles. The summed E-state index contributed by atoms with van der Waals surface area (Å²) in [7, 11) is 1.66. The van der Waals surface area contributed by atoms with E-state index >= 15 is 0 Å². The summed E-state index contributed by atoms with van der Waals surface area (Å²) < 4.78 is 5.16. The van der Waals surface area contributed by atoms with Crippen LogP contribution in [-0.4, -0.2) is 12.1 Å². The first-order valence-corrected chi connectivity index (χ1v) is 8.99. The number of hydrogen-bond acceptors (Lipinski definition) is 5. The van der Waals surface area contributed by atoms with Gasteiger partial charge in [0.2, 0.25) is 0 Å². The highest BCUT2D eigenvalue weighted by molar-refractivity contribution is 7.14. The van der Waals surface area contributed by atoms with Crippen molar-refractivity contribution in [2.75, 3.05) is 12.4 Å². The minimum absolute atomic E-state index is 0.671. The van der Waals surface area contributed by atoms with E-state index in [1.54, 1.807) is 18.4 Å². The van der Waals surface area contributed by atoms with Crippen LogP contribution in [0.1, 0.15) is 25.0 Å². The summed E-state index contributed by atoms with van der Waals surface area (Å²) in [6, 6.07) is 17.5. The van der Waals surface area contributed by atoms with Crippen molar-refractivity contribution in [1.82, 2.24) is 4.98 Å². The monoisotopic (exact) mass is 351 g/mol. The summed E-state index contributed by atoms with van der Waals surface area (Å²) in [6.07, 6.45) is 0. The molecule has 4 nitrogen and oxygen atoms in total. The predicted molar refractivity (Wildman–Crippen MR) is 104 cm³/mol. The van der Waals surface area contributed by atoms with Crippen LogP contribution in [0.4, 0.5) is 5.13 Å². The van der Waals surface area contributed by atoms with Crippen LogP contribution in [0, 0.1) is 11.3 Å². The topological polar surface area (TPSA) is 57.9 Å². The summed E-state index contributed by atoms with van der Waals surface area (Å²) in [4.78, 5) is 4.60. The number of anilines is 1. The molecule has 1 aromatic heterocycles. The Bertz CT molecular complexity index is 817. The molecule has 0 unspecified atom stereocenters. The van der Waals surface area contributed by atoms with Gasteiger partial charge >= 0.3 is 0 Å². The van der Waals surface area contributed by atoms with Gasteiger partial charge in [-0.1, -0.05) is 26.0 Å². The molecule has 0 amide bonds. The molecule has 0 saturated heterocycles. The predicted octanol–water partition coefficient (Wildman–Crippen LogP) is 5.33. The molecule has 25 heavy (non-hydrogen) atoms. The number of ether oxygens (including phenoxy) is 1. The van der Waals surface area contributed by atoms with Crippen molar-refractivity contribution in [3.63, 3.8) is 0 Å². The second-order valence-electron chi connectivity index (χ2n) is 4.93. The van der Waals surface area contributed by atoms with E-state index in [9.17, 15) is 0 Å². The average Bonchev–Trinajstić information content (AvgIpc) is 3.17. The summed E-state index contributed by atoms with van der Waals surface area (Å²) >= 11 is 1.58. The van der Waals surface area contributed by atoms with E-state index in [2.05, 4.69) is 16.4 Å². The molecule has 3 rings (SSSR count). The van der Waals surface area contributed by atoms with Gasteiger partial charge in [-0.25, -0.2) is 4.98 Å². The Hall–Kier alpha value is -2.84. The van der Waals surface area contributed by atoms with Crippen molar-refractivity contribution in [3.05, 3.63) is 65.0 Å². The minimum atomic E-state index is 0.671. The molecule has 0 saturated carbocycles. The van der Waals surface area contributed by atoms with E-state index in [0.29, 0.717) is 12.1 Å². The van der Waals surface area contributed by atoms with Crippen molar-refractivity contribution < 1.29 is 4.74 Å². The highest BCUT2D eigenvalue weighted by Gasteiger charge is 2.05. The molecule has 0 spiro atoms. The van der Waals surface area contributed by atoms with Crippen LogP contribution in [0.15, 0.2) is 53.9 Å². The van der Waals surface area contributed by atoms with Crippen molar-refractivity contribution in [3.8, 4) is 23.1 Å². The molecule has 0 radical (unpaired) electrons. The number of nitriles is 1. The third kappa shape index (κ3) is 5.07. The Morgan fingerprint density at radius 2 is 1.76 bits per heavy atom. The van der Waals surface area contributed by atoms with Gasteiger partial charge in [0.1, 0.15) is 5.75 Å². The van der Waals surface area contributed by atoms with Crippen molar-refractivity contribution in [2.24, 2.45) is 0 Å². The van der Waals surface area contributed by atoms with Crippen LogP contribution in [0.5, 0.6) is 5.75 Å². The molecule has 0 bridgehead atoms. The van der Waals surface area contributed by atoms with Crippen molar-refractivity contribution >= 4 is 16.5 Å². The van der Waals surface area contributed by atoms with Gasteiger partial charge in [-0.15, -0.1) is 11.3 Å². The largest absolute Gasteiger partial charge is 0.497 e. The summed E-state index contributed by atoms with van der Waals surface area (Å²) in [5.41, 5.74) is 3.79. The summed E-state index contributed by atoms with van der Waals surface area (Å²) in [5.74, 6) is 0.836. The Morgan fingerprint density at radius 3 is 2.36 bits per heavy atom. The van der Waals surface area contributed by atoms with E-state index < -0.39 is 0 Å². The number of nitrogens with one attached hydrogen (secondary N) is 1. The Morgan fingerprint density at radius 1 is 1.08 bits per heavy atom. The fourth-order valence-corrected chi connectivity index (χ4v) is 2.84. The standard InChI is InChI=1S/C18H15N3OS.C2H6/c1-22-16-8-6-15(7-9-16)17-12-23-18(21-17)20-11-14-4-2-13(10-19)3-5-14;1-2/h2-9,12H,11H2,1H3,(H,20,21);1-2H3. The second-order valence-corrected chi connectivity index (χ2v) is 5.79. The number of hydrogen-bond donors (Lipinski definition) is 1. The van der Waals surface area contributed by atoms with Crippen LogP contribution in [0.25, 0.3) is 11.3 Å². The van der Waals surface area contributed by atoms with Gasteiger partial charge in [-0.2, -0.15) is 5.26 Å². The fraction of sp³-hybridized carbons (Fsp3) is 0.200. The molecule has 128 valence electrons. The van der Waals surface area contributed by atoms with Gasteiger partial charge in [-0.05, 0) is 42.0 Å². The minimum Gasteiger partial charge on any atom is -0.497 e. The number of nitrogens with zero attached hydrogens (tertiary/aromatic N) is 2. The molecule has 0 aliphatic rings. The second kappa shape index (κ2) is 9.45. The molecule has 0 aliphatic carbocycles. The number of thiazole rings is 1. The van der Waals surface area contributed by atoms with E-state index in [4.69, 9.17) is 10.00 Å². The van der Waals surface area contributed by atoms with Gasteiger partial charge in [-0.3, -0.25) is 0 Å². The van der Waals surface area contributed by atoms with Crippen molar-refractivity contribution in [2.45, 2.75) is 20.4 Å². The maximum atomic E-state index is 8.80. The Kier molecular flexibility index (Phi) is 7.00. The molecule has 5 heteroatoms. The smallest absolute Gasteiger partial charge is 0.183 e. The molecular formula is C20H21N3OS. The highest BCUT2D eigenvalue weighted by atomic mass is 32.1. The Balaban J connectivity index is 0.00000109. The number of rotatable bonds is 5. The van der Waals surface area contributed by atoms with Gasteiger partial charge in [0, 0.05) is 17.5 Å². The summed E-state index contributed by atoms with van der Waals surface area (Å²) in [5, 5.41) is 15.0. The number of methoxy groups -OCH3 is 1. The lowest BCUT2D eigenvalue weighted by Gasteiger charge is -2.03. The molecule has 0 aliphatic heterocycles. The zero-order valence-corrected chi connectivity index (χ0v) is 15.4. The van der Waals surface area contributed by atoms with Crippen LogP contribution >= 0.6 is 11.3 Å². The zero-order valence-electron chi connectivity index (χ0n) is 14.6. The lowest BCUT2D eigenvalue weighted by atomic mass is 10.1. The maximum Gasteiger partial charge on any atom is 0.183 e. The molecule has 1 heterocycles. The molecular weight excluding hydrogens is 330 g/mol. The van der Waals surface area contributed by atoms with Crippen LogP contribution in [0.3, 0.4) is 0 Å². The van der Waals surface area contributed by atoms with Crippen LogP contribution < -0.4 is 10.1 Å². The van der Waals surface area contributed by atoms with Crippen molar-refractivity contribution in [1.29, 1.82) is 5.26 Å². The first kappa shape index (κ1) is 18.5. The summed E-state index contributed by atoms with van der Waals surface area (Å²) in [6.45, 7) is 4.68. The lowest BCUT2D eigenvalue weighted by Crippen LogP contribution is -1.98. The number of benzene rings is 2. The average molecular weight is 351 g/mol. The van der Waals surface area contributed by atoms with E-state index in [0.717, 1.165) is 27.7 Å². The molecule has 1 N–H and O–H groups in total. The van der Waals surface area contributed by atoms with E-state index in [-0.39, 0.29) is 0 Å². The first-order chi connectivity index (χ1) is 12.3. The first-order valence-electron chi connectivity index (χ1n) is 8.11. The SMILES string of the molecule is CC.COc1ccc(-c2csc(NCc3ccc(C#N)cc3)n2)cc1. The van der Waals surface area contributed by atoms with E-state index in [1.807, 2.05) is 67.8 Å². The number of aromatic nitrogens is 1. The van der Waals surface area contributed by atoms with Gasteiger partial charge in [0.05, 0.1) is 24.4 Å². The Labute approximate surface area is 152 Å². The molecule has 0 atom stereocenters. The lowest BCUT2D eigenvalue weighted by molar-refractivity contribution is 0.415. The van der Waals surface area contributed by atoms with Crippen LogP contribution in [0.2, 0.25) is 0 Å². The van der Waals surface area contributed by atoms with Gasteiger partial charge < -0.3 is 10.1 Å². The molecule has 0 fully saturated rings.